The Labute approximate surface area is 520 Å². The maximum atomic E-state index is 14.3. The molecule has 0 heterocycles. The summed E-state index contributed by atoms with van der Waals surface area (Å²) in [5, 5.41) is 10.1. The van der Waals surface area contributed by atoms with Crippen molar-refractivity contribution >= 4 is 42.0 Å². The van der Waals surface area contributed by atoms with Gasteiger partial charge in [-0.1, -0.05) is 144 Å². The van der Waals surface area contributed by atoms with Crippen molar-refractivity contribution < 1.29 is 76.4 Å². The highest BCUT2D eigenvalue weighted by molar-refractivity contribution is 5.91. The molecule has 484 valence electrons. The summed E-state index contributed by atoms with van der Waals surface area (Å²) in [6.07, 6.45) is 25.4. The molecule has 0 aliphatic rings. The molecule has 87 heavy (non-hydrogen) atoms. The van der Waals surface area contributed by atoms with E-state index in [-0.39, 0.29) is 37.7 Å². The number of esters is 5. The molecule has 0 aliphatic heterocycles. The lowest BCUT2D eigenvalue weighted by Gasteiger charge is -2.32. The minimum absolute atomic E-state index is 0.149. The normalized spacial score (nSPS) is 12.1. The van der Waals surface area contributed by atoms with Crippen LogP contribution in [0.4, 0.5) is 0 Å². The zero-order chi connectivity index (χ0) is 63.5. The van der Waals surface area contributed by atoms with Gasteiger partial charge in [0, 0.05) is 41.5 Å². The number of hydrogen-bond acceptors (Lipinski definition) is 16. The third-order valence-electron chi connectivity index (χ3n) is 14.6. The highest BCUT2D eigenvalue weighted by atomic mass is 16.6. The Morgan fingerprint density at radius 3 is 1.40 bits per heavy atom. The van der Waals surface area contributed by atoms with Gasteiger partial charge >= 0.3 is 29.8 Å². The van der Waals surface area contributed by atoms with Gasteiger partial charge in [0.2, 0.25) is 5.75 Å². The molecule has 3 rings (SSSR count). The van der Waals surface area contributed by atoms with Gasteiger partial charge in [-0.15, -0.1) is 0 Å². The molecule has 0 saturated heterocycles. The van der Waals surface area contributed by atoms with E-state index in [1.165, 1.54) is 36.4 Å². The summed E-state index contributed by atoms with van der Waals surface area (Å²) in [4.78, 5) is 66.0. The SMILES string of the molecule is C=CC(=O)OCCCCOc1ccc(/C=C/C(=O)Oc2ccc(OC(=O)/C=C/c3ccc(C(CCCO)OC(=O)C(C)(C)C(CC)C(=O)OCCCC)c(OCCCCCC)c3OCCCCCC)cc2)c(OCCCCCC)c1OCCCCCC. The predicted octanol–water partition coefficient (Wildman–Crippen LogP) is 16.4. The molecule has 2 unspecified atom stereocenters. The zero-order valence-corrected chi connectivity index (χ0v) is 53.9. The summed E-state index contributed by atoms with van der Waals surface area (Å²) in [5.74, 6) is -1.00. The smallest absolute Gasteiger partial charge is 0.336 e. The third-order valence-corrected chi connectivity index (χ3v) is 14.6. The number of aliphatic hydroxyl groups excluding tert-OH is 1. The first-order valence-corrected chi connectivity index (χ1v) is 32.4. The summed E-state index contributed by atoms with van der Waals surface area (Å²) < 4.78 is 60.7. The minimum atomic E-state index is -1.25. The Hall–Kier alpha value is -6.81. The number of rotatable bonds is 49. The van der Waals surface area contributed by atoms with Gasteiger partial charge in [0.15, 0.2) is 23.0 Å². The maximum Gasteiger partial charge on any atom is 0.336 e. The van der Waals surface area contributed by atoms with Crippen LogP contribution < -0.4 is 33.2 Å². The average Bonchev–Trinajstić information content (AvgIpc) is 1.50. The van der Waals surface area contributed by atoms with Gasteiger partial charge in [-0.2, -0.15) is 0 Å². The van der Waals surface area contributed by atoms with E-state index >= 15 is 0 Å². The largest absolute Gasteiger partial charge is 0.490 e. The topological polar surface area (TPSA) is 198 Å². The fraction of sp³-hybridized carbons (Fsp3) is 0.592. The lowest BCUT2D eigenvalue weighted by molar-refractivity contribution is -0.172. The van der Waals surface area contributed by atoms with Crippen LogP contribution in [0, 0.1) is 11.3 Å². The fourth-order valence-electron chi connectivity index (χ4n) is 9.36. The van der Waals surface area contributed by atoms with Gasteiger partial charge in [-0.3, -0.25) is 9.59 Å². The summed E-state index contributed by atoms with van der Waals surface area (Å²) in [6.45, 7) is 21.6. The van der Waals surface area contributed by atoms with Crippen LogP contribution in [0.1, 0.15) is 226 Å². The summed E-state index contributed by atoms with van der Waals surface area (Å²) >= 11 is 0. The first kappa shape index (κ1) is 74.4. The van der Waals surface area contributed by atoms with Crippen molar-refractivity contribution in [3.63, 3.8) is 0 Å². The maximum absolute atomic E-state index is 14.3. The van der Waals surface area contributed by atoms with Crippen LogP contribution in [0.3, 0.4) is 0 Å². The number of unbranched alkanes of at least 4 members (excludes halogenated alkanes) is 14. The van der Waals surface area contributed by atoms with E-state index < -0.39 is 47.3 Å². The molecule has 3 aromatic carbocycles. The molecule has 3 aromatic rings. The molecule has 0 saturated carbocycles. The number of hydrogen-bond donors (Lipinski definition) is 1. The standard InChI is InChI=1S/C71H104O16/c1-10-17-22-26-50-80-65-54(34-42-58(67(65)82-52-28-24-19-12-3)60(33-32-46-72)87-70(77)71(8,9)59(15-6)69(76)84-47-21-14-5)36-44-63(74)85-56-38-40-57(41-39-56)86-64(75)45-37-55-35-43-61(78-48-30-31-49-79-62(73)16-7)68(83-53-29-25-20-13-4)66(55)81-51-27-23-18-11-2/h16,34-45,59-60,72H,7,10-15,17-33,46-53H2,1-6,8-9H3/b44-36+,45-37+. The van der Waals surface area contributed by atoms with Crippen molar-refractivity contribution in [1.29, 1.82) is 0 Å². The molecular formula is C71H104O16. The molecule has 2 atom stereocenters. The van der Waals surface area contributed by atoms with Gasteiger partial charge in [0.05, 0.1) is 57.6 Å². The molecule has 0 bridgehead atoms. The second kappa shape index (κ2) is 44.6. The van der Waals surface area contributed by atoms with Crippen LogP contribution in [0.15, 0.2) is 73.3 Å². The second-order valence-electron chi connectivity index (χ2n) is 22.2. The Morgan fingerprint density at radius 1 is 0.483 bits per heavy atom. The van der Waals surface area contributed by atoms with Crippen LogP contribution in [0.25, 0.3) is 12.2 Å². The molecule has 1 N–H and O–H groups in total. The fourth-order valence-corrected chi connectivity index (χ4v) is 9.36. The Bertz CT molecular complexity index is 2530. The van der Waals surface area contributed by atoms with E-state index in [9.17, 15) is 29.1 Å². The summed E-state index contributed by atoms with van der Waals surface area (Å²) in [7, 11) is 0. The molecule has 0 amide bonds. The summed E-state index contributed by atoms with van der Waals surface area (Å²) in [5.41, 5.74) is 0.418. The Balaban J connectivity index is 1.92. The van der Waals surface area contributed by atoms with E-state index in [0.29, 0.717) is 104 Å². The highest BCUT2D eigenvalue weighted by Crippen LogP contribution is 2.45. The van der Waals surface area contributed by atoms with Gasteiger partial charge in [-0.25, -0.2) is 14.4 Å². The molecule has 0 fully saturated rings. The molecule has 16 heteroatoms. The molecule has 0 radical (unpaired) electrons. The molecule has 0 spiro atoms. The van der Waals surface area contributed by atoms with Crippen molar-refractivity contribution in [2.24, 2.45) is 11.3 Å². The van der Waals surface area contributed by atoms with E-state index in [0.717, 1.165) is 122 Å². The molecule has 16 nitrogen and oxygen atoms in total. The van der Waals surface area contributed by atoms with Crippen molar-refractivity contribution in [1.82, 2.24) is 0 Å². The first-order valence-electron chi connectivity index (χ1n) is 32.4. The average molecular weight is 1210 g/mol. The van der Waals surface area contributed by atoms with Crippen molar-refractivity contribution in [2.45, 2.75) is 209 Å². The molecular weight excluding hydrogens is 1110 g/mol. The van der Waals surface area contributed by atoms with Crippen LogP contribution in [0.2, 0.25) is 0 Å². The van der Waals surface area contributed by atoms with E-state index in [1.54, 1.807) is 44.2 Å². The first-order chi connectivity index (χ1) is 42.2. The third kappa shape index (κ3) is 28.3. The van der Waals surface area contributed by atoms with Crippen LogP contribution >= 0.6 is 0 Å². The van der Waals surface area contributed by atoms with Crippen LogP contribution in [-0.4, -0.2) is 87.8 Å². The van der Waals surface area contributed by atoms with Crippen LogP contribution in [0.5, 0.6) is 40.2 Å². The van der Waals surface area contributed by atoms with E-state index in [2.05, 4.69) is 34.3 Å². The number of benzene rings is 3. The number of ether oxygens (including phenoxy) is 10. The number of aliphatic hydroxyl groups is 1. The van der Waals surface area contributed by atoms with Crippen molar-refractivity contribution in [3.05, 3.63) is 90.0 Å². The zero-order valence-electron chi connectivity index (χ0n) is 53.9. The van der Waals surface area contributed by atoms with Gasteiger partial charge in [0.1, 0.15) is 17.6 Å². The molecule has 0 aromatic heterocycles. The van der Waals surface area contributed by atoms with Crippen molar-refractivity contribution in [3.8, 4) is 40.2 Å². The minimum Gasteiger partial charge on any atom is -0.490 e. The number of carbonyl (C=O) groups excluding carboxylic acids is 5. The van der Waals surface area contributed by atoms with Crippen molar-refractivity contribution in [2.75, 3.05) is 52.9 Å². The lowest BCUT2D eigenvalue weighted by atomic mass is 9.77. The quantitative estimate of drug-likeness (QED) is 0.0184. The highest BCUT2D eigenvalue weighted by Gasteiger charge is 2.44. The number of carbonyl (C=O) groups is 5. The van der Waals surface area contributed by atoms with E-state index in [4.69, 9.17) is 47.4 Å². The predicted molar refractivity (Wildman–Crippen MR) is 342 cm³/mol. The Morgan fingerprint density at radius 2 is 0.920 bits per heavy atom. The van der Waals surface area contributed by atoms with Gasteiger partial charge in [0.25, 0.3) is 0 Å². The van der Waals surface area contributed by atoms with Gasteiger partial charge in [-0.05, 0) is 127 Å². The summed E-state index contributed by atoms with van der Waals surface area (Å²) in [6, 6.07) is 13.3. The molecule has 0 aliphatic carbocycles. The van der Waals surface area contributed by atoms with Gasteiger partial charge < -0.3 is 52.5 Å². The second-order valence-corrected chi connectivity index (χ2v) is 22.2. The Kier molecular flexibility index (Phi) is 38.2. The monoisotopic (exact) mass is 1210 g/mol. The van der Waals surface area contributed by atoms with E-state index in [1.807, 2.05) is 19.9 Å². The lowest BCUT2D eigenvalue weighted by Crippen LogP contribution is -2.40. The van der Waals surface area contributed by atoms with Crippen LogP contribution in [-0.2, 0) is 38.2 Å².